The summed E-state index contributed by atoms with van der Waals surface area (Å²) >= 11 is 0. The summed E-state index contributed by atoms with van der Waals surface area (Å²) in [6.07, 6.45) is 2.51. The molecule has 0 atom stereocenters. The number of methoxy groups -OCH3 is 1. The van der Waals surface area contributed by atoms with Gasteiger partial charge in [-0.05, 0) is 36.6 Å². The van der Waals surface area contributed by atoms with Gasteiger partial charge in [-0.3, -0.25) is 4.79 Å². The second-order valence-electron chi connectivity index (χ2n) is 7.21. The van der Waals surface area contributed by atoms with Crippen LogP contribution in [0.5, 0.6) is 5.75 Å². The molecule has 0 aromatic heterocycles. The maximum Gasteiger partial charge on any atom is 0.243 e. The van der Waals surface area contributed by atoms with Crippen LogP contribution in [0.1, 0.15) is 38.7 Å². The number of amides is 1. The normalized spacial score (nSPS) is 15.6. The fraction of sp³-hybridized carbons (Fsp3) is 0.409. The van der Waals surface area contributed by atoms with Gasteiger partial charge in [0, 0.05) is 13.1 Å². The summed E-state index contributed by atoms with van der Waals surface area (Å²) in [5.74, 6) is 0.296. The lowest BCUT2D eigenvalue weighted by Crippen LogP contribution is -2.46. The Morgan fingerprint density at radius 1 is 1.10 bits per heavy atom. The Morgan fingerprint density at radius 3 is 2.28 bits per heavy atom. The molecular weight excluding hydrogens is 388 g/mol. The SMILES string of the molecule is CCN(CC)S(=O)(=O)c1ccc(OC)c(NC(=O)C2(c3ccccc3)CCC2)c1. The minimum atomic E-state index is -3.64. The molecule has 0 unspecified atom stereocenters. The number of nitrogens with zero attached hydrogens (tertiary/aromatic N) is 1. The van der Waals surface area contributed by atoms with Crippen molar-refractivity contribution in [1.29, 1.82) is 0 Å². The highest BCUT2D eigenvalue weighted by atomic mass is 32.2. The lowest BCUT2D eigenvalue weighted by molar-refractivity contribution is -0.124. The van der Waals surface area contributed by atoms with Crippen LogP contribution >= 0.6 is 0 Å². The van der Waals surface area contributed by atoms with Gasteiger partial charge in [-0.2, -0.15) is 4.31 Å². The molecule has 29 heavy (non-hydrogen) atoms. The second-order valence-corrected chi connectivity index (χ2v) is 9.15. The van der Waals surface area contributed by atoms with E-state index in [-0.39, 0.29) is 10.8 Å². The molecule has 3 rings (SSSR count). The first-order chi connectivity index (χ1) is 13.9. The molecule has 2 aromatic rings. The monoisotopic (exact) mass is 416 g/mol. The van der Waals surface area contributed by atoms with Crippen molar-refractivity contribution in [3.8, 4) is 5.75 Å². The van der Waals surface area contributed by atoms with Crippen molar-refractivity contribution in [3.05, 3.63) is 54.1 Å². The van der Waals surface area contributed by atoms with Gasteiger partial charge in [0.15, 0.2) is 0 Å². The van der Waals surface area contributed by atoms with Gasteiger partial charge in [-0.1, -0.05) is 50.6 Å². The van der Waals surface area contributed by atoms with E-state index in [9.17, 15) is 13.2 Å². The third kappa shape index (κ3) is 3.89. The fourth-order valence-corrected chi connectivity index (χ4v) is 5.32. The van der Waals surface area contributed by atoms with Gasteiger partial charge in [-0.25, -0.2) is 8.42 Å². The predicted octanol–water partition coefficient (Wildman–Crippen LogP) is 3.79. The third-order valence-corrected chi connectivity index (χ3v) is 7.78. The van der Waals surface area contributed by atoms with Crippen molar-refractivity contribution in [2.24, 2.45) is 0 Å². The maximum atomic E-state index is 13.3. The molecule has 156 valence electrons. The Hall–Kier alpha value is -2.38. The number of nitrogens with one attached hydrogen (secondary N) is 1. The fourth-order valence-electron chi connectivity index (χ4n) is 3.83. The van der Waals surface area contributed by atoms with Crippen molar-refractivity contribution < 1.29 is 17.9 Å². The first-order valence-electron chi connectivity index (χ1n) is 9.94. The summed E-state index contributed by atoms with van der Waals surface area (Å²) in [7, 11) is -2.14. The lowest BCUT2D eigenvalue weighted by atomic mass is 9.64. The number of benzene rings is 2. The van der Waals surface area contributed by atoms with Crippen LogP contribution in [-0.2, 0) is 20.2 Å². The Balaban J connectivity index is 1.95. The van der Waals surface area contributed by atoms with E-state index >= 15 is 0 Å². The zero-order valence-corrected chi connectivity index (χ0v) is 18.0. The van der Waals surface area contributed by atoms with Crippen LogP contribution < -0.4 is 10.1 Å². The van der Waals surface area contributed by atoms with E-state index in [1.807, 2.05) is 30.3 Å². The van der Waals surface area contributed by atoms with E-state index in [4.69, 9.17) is 4.74 Å². The molecule has 1 saturated carbocycles. The molecule has 0 radical (unpaired) electrons. The zero-order chi connectivity index (χ0) is 21.1. The summed E-state index contributed by atoms with van der Waals surface area (Å²) in [4.78, 5) is 13.4. The molecule has 7 heteroatoms. The standard InChI is InChI=1S/C22H28N2O4S/c1-4-24(5-2)29(26,27)18-12-13-20(28-3)19(16-18)23-21(25)22(14-9-15-22)17-10-7-6-8-11-17/h6-8,10-13,16H,4-5,9,14-15H2,1-3H3,(H,23,25). The van der Waals surface area contributed by atoms with Crippen LogP contribution in [0, 0.1) is 0 Å². The molecule has 1 aliphatic carbocycles. The molecule has 1 N–H and O–H groups in total. The Bertz CT molecular complexity index is 966. The first-order valence-corrected chi connectivity index (χ1v) is 11.4. The van der Waals surface area contributed by atoms with Gasteiger partial charge < -0.3 is 10.1 Å². The molecule has 0 heterocycles. The van der Waals surface area contributed by atoms with Crippen LogP contribution in [0.25, 0.3) is 0 Å². The number of hydrogen-bond donors (Lipinski definition) is 1. The Morgan fingerprint density at radius 2 is 1.76 bits per heavy atom. The Kier molecular flexibility index (Phi) is 6.29. The molecule has 0 spiro atoms. The summed E-state index contributed by atoms with van der Waals surface area (Å²) in [6, 6.07) is 14.3. The summed E-state index contributed by atoms with van der Waals surface area (Å²) in [5, 5.41) is 2.94. The molecular formula is C22H28N2O4S. The van der Waals surface area contributed by atoms with Crippen molar-refractivity contribution in [3.63, 3.8) is 0 Å². The van der Waals surface area contributed by atoms with E-state index in [0.29, 0.717) is 24.5 Å². The number of hydrogen-bond acceptors (Lipinski definition) is 4. The van der Waals surface area contributed by atoms with Crippen LogP contribution in [0.3, 0.4) is 0 Å². The Labute approximate surface area is 172 Å². The van der Waals surface area contributed by atoms with Gasteiger partial charge in [0.1, 0.15) is 5.75 Å². The van der Waals surface area contributed by atoms with E-state index in [2.05, 4.69) is 5.32 Å². The molecule has 6 nitrogen and oxygen atoms in total. The quantitative estimate of drug-likeness (QED) is 0.710. The van der Waals surface area contributed by atoms with Crippen LogP contribution in [0.4, 0.5) is 5.69 Å². The van der Waals surface area contributed by atoms with E-state index in [1.54, 1.807) is 19.9 Å². The smallest absolute Gasteiger partial charge is 0.243 e. The van der Waals surface area contributed by atoms with E-state index in [0.717, 1.165) is 24.8 Å². The second kappa shape index (κ2) is 8.55. The van der Waals surface area contributed by atoms with E-state index in [1.165, 1.54) is 23.5 Å². The number of anilines is 1. The topological polar surface area (TPSA) is 75.7 Å². The number of carbonyl (C=O) groups excluding carboxylic acids is 1. The van der Waals surface area contributed by atoms with Crippen molar-refractivity contribution in [1.82, 2.24) is 4.31 Å². The van der Waals surface area contributed by atoms with E-state index < -0.39 is 15.4 Å². The number of ether oxygens (including phenoxy) is 1. The van der Waals surface area contributed by atoms with Gasteiger partial charge in [0.2, 0.25) is 15.9 Å². The van der Waals surface area contributed by atoms with Crippen molar-refractivity contribution in [2.75, 3.05) is 25.5 Å². The minimum absolute atomic E-state index is 0.134. The molecule has 0 aliphatic heterocycles. The van der Waals surface area contributed by atoms with Crippen LogP contribution in [-0.4, -0.2) is 38.8 Å². The highest BCUT2D eigenvalue weighted by Gasteiger charge is 2.45. The molecule has 0 saturated heterocycles. The summed E-state index contributed by atoms with van der Waals surface area (Å²) < 4.78 is 32.5. The summed E-state index contributed by atoms with van der Waals surface area (Å²) in [5.41, 5.74) is 0.766. The average Bonchev–Trinajstić information content (AvgIpc) is 2.68. The summed E-state index contributed by atoms with van der Waals surface area (Å²) in [6.45, 7) is 4.36. The molecule has 1 aliphatic rings. The minimum Gasteiger partial charge on any atom is -0.495 e. The van der Waals surface area contributed by atoms with Gasteiger partial charge in [0.05, 0.1) is 23.1 Å². The lowest BCUT2D eigenvalue weighted by Gasteiger charge is -2.40. The van der Waals surface area contributed by atoms with Gasteiger partial charge in [0.25, 0.3) is 0 Å². The zero-order valence-electron chi connectivity index (χ0n) is 17.1. The molecule has 1 fully saturated rings. The number of rotatable bonds is 8. The highest BCUT2D eigenvalue weighted by Crippen LogP contribution is 2.45. The predicted molar refractivity (Wildman–Crippen MR) is 114 cm³/mol. The van der Waals surface area contributed by atoms with Crippen LogP contribution in [0.2, 0.25) is 0 Å². The first kappa shape index (κ1) is 21.3. The van der Waals surface area contributed by atoms with Crippen molar-refractivity contribution >= 4 is 21.6 Å². The highest BCUT2D eigenvalue weighted by molar-refractivity contribution is 7.89. The molecule has 0 bridgehead atoms. The number of sulfonamides is 1. The van der Waals surface area contributed by atoms with Gasteiger partial charge in [-0.15, -0.1) is 0 Å². The van der Waals surface area contributed by atoms with Gasteiger partial charge >= 0.3 is 0 Å². The maximum absolute atomic E-state index is 13.3. The third-order valence-electron chi connectivity index (χ3n) is 5.73. The molecule has 1 amide bonds. The largest absolute Gasteiger partial charge is 0.495 e. The number of carbonyl (C=O) groups is 1. The van der Waals surface area contributed by atoms with Crippen molar-refractivity contribution in [2.45, 2.75) is 43.4 Å². The average molecular weight is 417 g/mol. The molecule has 2 aromatic carbocycles. The van der Waals surface area contributed by atoms with Crippen LogP contribution in [0.15, 0.2) is 53.4 Å².